The second-order valence-corrected chi connectivity index (χ2v) is 8.32. The van der Waals surface area contributed by atoms with Crippen LogP contribution in [0.4, 0.5) is 8.78 Å². The van der Waals surface area contributed by atoms with E-state index in [-0.39, 0.29) is 30.5 Å². The summed E-state index contributed by atoms with van der Waals surface area (Å²) in [6.45, 7) is 2.71. The summed E-state index contributed by atoms with van der Waals surface area (Å²) < 4.78 is 33.6. The van der Waals surface area contributed by atoms with E-state index in [1.54, 1.807) is 36.4 Å². The highest BCUT2D eigenvalue weighted by molar-refractivity contribution is 5.98. The van der Waals surface area contributed by atoms with Gasteiger partial charge in [-0.2, -0.15) is 0 Å². The molecule has 3 aromatic carbocycles. The van der Waals surface area contributed by atoms with Gasteiger partial charge in [0.25, 0.3) is 5.91 Å². The van der Waals surface area contributed by atoms with Crippen molar-refractivity contribution in [2.45, 2.75) is 32.2 Å². The Bertz CT molecular complexity index is 1180. The molecule has 1 saturated heterocycles. The quantitative estimate of drug-likeness (QED) is 0.451. The topological polar surface area (TPSA) is 46.6 Å². The maximum absolute atomic E-state index is 14.4. The highest BCUT2D eigenvalue weighted by Crippen LogP contribution is 2.24. The van der Waals surface area contributed by atoms with Gasteiger partial charge in [0.15, 0.2) is 12.4 Å². The second kappa shape index (κ2) is 9.94. The van der Waals surface area contributed by atoms with Crippen molar-refractivity contribution in [1.29, 1.82) is 0 Å². The number of benzene rings is 3. The van der Waals surface area contributed by atoms with Gasteiger partial charge < -0.3 is 9.64 Å². The van der Waals surface area contributed by atoms with Crippen molar-refractivity contribution in [2.75, 3.05) is 13.2 Å². The molecule has 1 unspecified atom stereocenters. The molecule has 0 saturated carbocycles. The molecule has 0 aliphatic carbocycles. The highest BCUT2D eigenvalue weighted by Gasteiger charge is 2.25. The Labute approximate surface area is 191 Å². The minimum absolute atomic E-state index is 0.0299. The number of amides is 1. The van der Waals surface area contributed by atoms with Gasteiger partial charge in [0, 0.05) is 19.0 Å². The number of nitrogens with zero attached hydrogens (tertiary/aromatic N) is 1. The van der Waals surface area contributed by atoms with Gasteiger partial charge in [-0.15, -0.1) is 0 Å². The molecule has 1 aliphatic rings. The van der Waals surface area contributed by atoms with E-state index in [9.17, 15) is 18.4 Å². The highest BCUT2D eigenvalue weighted by atomic mass is 19.1. The fourth-order valence-corrected chi connectivity index (χ4v) is 4.14. The Morgan fingerprint density at radius 2 is 1.79 bits per heavy atom. The lowest BCUT2D eigenvalue weighted by atomic mass is 9.97. The van der Waals surface area contributed by atoms with Gasteiger partial charge in [0.1, 0.15) is 17.4 Å². The standard InChI is InChI=1S/C27H25F2NO3/c1-18-5-4-12-30(18)27(32)17-33-23-9-2-6-19(13-23)14-26(31)24-16-21(10-11-25(24)29)20-7-3-8-22(28)15-20/h2-3,6-11,13,15-16,18H,4-5,12,14,17H2,1H3. The molecule has 1 fully saturated rings. The van der Waals surface area contributed by atoms with Crippen LogP contribution in [0.5, 0.6) is 5.75 Å². The van der Waals surface area contributed by atoms with Gasteiger partial charge in [0.2, 0.25) is 0 Å². The van der Waals surface area contributed by atoms with Crippen molar-refractivity contribution in [1.82, 2.24) is 4.90 Å². The smallest absolute Gasteiger partial charge is 0.260 e. The summed E-state index contributed by atoms with van der Waals surface area (Å²) in [5.41, 5.74) is 1.72. The molecule has 4 rings (SSSR count). The van der Waals surface area contributed by atoms with Gasteiger partial charge >= 0.3 is 0 Å². The van der Waals surface area contributed by atoms with E-state index in [4.69, 9.17) is 4.74 Å². The van der Waals surface area contributed by atoms with E-state index in [0.717, 1.165) is 19.4 Å². The summed E-state index contributed by atoms with van der Waals surface area (Å²) in [7, 11) is 0. The lowest BCUT2D eigenvalue weighted by Crippen LogP contribution is -2.37. The predicted octanol–water partition coefficient (Wildman–Crippen LogP) is 5.45. The molecule has 1 amide bonds. The summed E-state index contributed by atoms with van der Waals surface area (Å²) in [5, 5.41) is 0. The van der Waals surface area contributed by atoms with Crippen molar-refractivity contribution in [3.63, 3.8) is 0 Å². The Morgan fingerprint density at radius 1 is 1.00 bits per heavy atom. The van der Waals surface area contributed by atoms with Crippen LogP contribution in [0.25, 0.3) is 11.1 Å². The van der Waals surface area contributed by atoms with Gasteiger partial charge in [0.05, 0.1) is 5.56 Å². The molecule has 1 aliphatic heterocycles. The zero-order valence-corrected chi connectivity index (χ0v) is 18.4. The van der Waals surface area contributed by atoms with Crippen molar-refractivity contribution >= 4 is 11.7 Å². The molecule has 0 bridgehead atoms. The number of ketones is 1. The number of carbonyl (C=O) groups excluding carboxylic acids is 2. The number of hydrogen-bond acceptors (Lipinski definition) is 3. The first-order valence-electron chi connectivity index (χ1n) is 11.0. The van der Waals surface area contributed by atoms with Crippen molar-refractivity contribution in [3.8, 4) is 16.9 Å². The Kier molecular flexibility index (Phi) is 6.82. The number of likely N-dealkylation sites (tertiary alicyclic amines) is 1. The molecule has 6 heteroatoms. The Morgan fingerprint density at radius 3 is 2.55 bits per heavy atom. The summed E-state index contributed by atoms with van der Waals surface area (Å²) in [4.78, 5) is 27.0. The molecular formula is C27H25F2NO3. The Balaban J connectivity index is 1.44. The maximum atomic E-state index is 14.4. The number of carbonyl (C=O) groups is 2. The zero-order valence-electron chi connectivity index (χ0n) is 18.4. The summed E-state index contributed by atoms with van der Waals surface area (Å²) >= 11 is 0. The lowest BCUT2D eigenvalue weighted by Gasteiger charge is -2.21. The van der Waals surface area contributed by atoms with Crippen LogP contribution in [0, 0.1) is 11.6 Å². The number of rotatable bonds is 7. The first kappa shape index (κ1) is 22.6. The third-order valence-corrected chi connectivity index (χ3v) is 5.92. The Hall–Kier alpha value is -3.54. The van der Waals surface area contributed by atoms with E-state index < -0.39 is 17.4 Å². The molecule has 33 heavy (non-hydrogen) atoms. The van der Waals surface area contributed by atoms with Crippen LogP contribution in [0.2, 0.25) is 0 Å². The minimum Gasteiger partial charge on any atom is -0.484 e. The average Bonchev–Trinajstić information content (AvgIpc) is 3.24. The molecule has 0 spiro atoms. The van der Waals surface area contributed by atoms with E-state index in [1.807, 2.05) is 11.8 Å². The van der Waals surface area contributed by atoms with Crippen molar-refractivity contribution < 1.29 is 23.1 Å². The minimum atomic E-state index is -0.627. The van der Waals surface area contributed by atoms with Crippen LogP contribution in [0.3, 0.4) is 0 Å². The first-order chi connectivity index (χ1) is 15.9. The molecular weight excluding hydrogens is 424 g/mol. The molecule has 0 aromatic heterocycles. The van der Waals surface area contributed by atoms with Crippen LogP contribution in [-0.2, 0) is 11.2 Å². The maximum Gasteiger partial charge on any atom is 0.260 e. The molecule has 170 valence electrons. The summed E-state index contributed by atoms with van der Waals surface area (Å²) in [6.07, 6.45) is 1.97. The number of ether oxygens (including phenoxy) is 1. The molecule has 1 atom stereocenters. The van der Waals surface area contributed by atoms with Crippen molar-refractivity contribution in [3.05, 3.63) is 89.5 Å². The van der Waals surface area contributed by atoms with Crippen LogP contribution >= 0.6 is 0 Å². The molecule has 3 aromatic rings. The van der Waals surface area contributed by atoms with Gasteiger partial charge in [-0.25, -0.2) is 8.78 Å². The number of Topliss-reactive ketones (excluding diaryl/α,β-unsaturated/α-hetero) is 1. The van der Waals surface area contributed by atoms with Gasteiger partial charge in [-0.3, -0.25) is 9.59 Å². The third-order valence-electron chi connectivity index (χ3n) is 5.92. The lowest BCUT2D eigenvalue weighted by molar-refractivity contribution is -0.133. The molecule has 1 heterocycles. The van der Waals surface area contributed by atoms with Gasteiger partial charge in [-0.1, -0.05) is 30.3 Å². The SMILES string of the molecule is CC1CCCN1C(=O)COc1cccc(CC(=O)c2cc(-c3cccc(F)c3)ccc2F)c1. The zero-order chi connectivity index (χ0) is 23.4. The van der Waals surface area contributed by atoms with Crippen molar-refractivity contribution in [2.24, 2.45) is 0 Å². The normalized spacial score (nSPS) is 15.5. The second-order valence-electron chi connectivity index (χ2n) is 8.32. The third kappa shape index (κ3) is 5.45. The summed E-state index contributed by atoms with van der Waals surface area (Å²) in [6, 6.07) is 17.2. The van der Waals surface area contributed by atoms with E-state index in [2.05, 4.69) is 0 Å². The van der Waals surface area contributed by atoms with Crippen LogP contribution in [0.1, 0.15) is 35.7 Å². The number of hydrogen-bond donors (Lipinski definition) is 0. The fourth-order valence-electron chi connectivity index (χ4n) is 4.14. The van der Waals surface area contributed by atoms with Crippen LogP contribution in [0.15, 0.2) is 66.7 Å². The monoisotopic (exact) mass is 449 g/mol. The van der Waals surface area contributed by atoms with Crippen LogP contribution < -0.4 is 4.74 Å². The van der Waals surface area contributed by atoms with E-state index >= 15 is 0 Å². The predicted molar refractivity (Wildman–Crippen MR) is 122 cm³/mol. The average molecular weight is 449 g/mol. The first-order valence-corrected chi connectivity index (χ1v) is 11.0. The molecule has 4 nitrogen and oxygen atoms in total. The summed E-state index contributed by atoms with van der Waals surface area (Å²) in [5.74, 6) is -1.01. The molecule has 0 N–H and O–H groups in total. The van der Waals surface area contributed by atoms with Crippen LogP contribution in [-0.4, -0.2) is 35.8 Å². The molecule has 0 radical (unpaired) electrons. The largest absolute Gasteiger partial charge is 0.484 e. The van der Waals surface area contributed by atoms with Gasteiger partial charge in [-0.05, 0) is 72.9 Å². The van der Waals surface area contributed by atoms with E-state index in [1.165, 1.54) is 30.3 Å². The van der Waals surface area contributed by atoms with E-state index in [0.29, 0.717) is 22.4 Å². The fraction of sp³-hybridized carbons (Fsp3) is 0.259. The number of halogens is 2.